The number of likely N-dealkylation sites (tertiary alicyclic amines) is 1. The maximum absolute atomic E-state index is 13.8. The number of carbonyl (C=O) groups is 2. The predicted octanol–water partition coefficient (Wildman–Crippen LogP) is 3.78. The number of hydrogen-bond acceptors (Lipinski definition) is 5. The average Bonchev–Trinajstić information content (AvgIpc) is 2.91. The first-order chi connectivity index (χ1) is 17.5. The number of rotatable bonds is 7. The first-order valence-electron chi connectivity index (χ1n) is 13.2. The zero-order chi connectivity index (χ0) is 25.2. The molecule has 2 atom stereocenters. The molecule has 0 aliphatic carbocycles. The summed E-state index contributed by atoms with van der Waals surface area (Å²) in [6.07, 6.45) is 4.20. The summed E-state index contributed by atoms with van der Waals surface area (Å²) in [5.41, 5.74) is 3.48. The number of ether oxygens (including phenoxy) is 2. The minimum absolute atomic E-state index is 0.0464. The topological polar surface area (TPSA) is 71.1 Å². The van der Waals surface area contributed by atoms with Crippen molar-refractivity contribution in [2.24, 2.45) is 5.92 Å². The van der Waals surface area contributed by atoms with Crippen molar-refractivity contribution in [3.05, 3.63) is 58.7 Å². The van der Waals surface area contributed by atoms with Crippen LogP contribution in [0.15, 0.2) is 36.4 Å². The Morgan fingerprint density at radius 3 is 2.50 bits per heavy atom. The molecule has 3 heterocycles. The molecule has 2 aromatic rings. The second kappa shape index (κ2) is 10.5. The summed E-state index contributed by atoms with van der Waals surface area (Å²) in [6, 6.07) is 11.4. The molecule has 0 spiro atoms. The van der Waals surface area contributed by atoms with E-state index in [0.29, 0.717) is 35.7 Å². The number of benzene rings is 2. The van der Waals surface area contributed by atoms with Gasteiger partial charge in [0.2, 0.25) is 5.91 Å². The van der Waals surface area contributed by atoms with Gasteiger partial charge in [-0.25, -0.2) is 0 Å². The first kappa shape index (κ1) is 24.6. The van der Waals surface area contributed by atoms with Crippen molar-refractivity contribution >= 4 is 11.8 Å². The van der Waals surface area contributed by atoms with Crippen molar-refractivity contribution in [2.75, 3.05) is 46.9 Å². The molecule has 1 N–H and O–H groups in total. The molecule has 192 valence electrons. The lowest BCUT2D eigenvalue weighted by Crippen LogP contribution is -2.50. The minimum Gasteiger partial charge on any atom is -0.493 e. The zero-order valence-electron chi connectivity index (χ0n) is 21.6. The van der Waals surface area contributed by atoms with Gasteiger partial charge in [-0.05, 0) is 80.1 Å². The summed E-state index contributed by atoms with van der Waals surface area (Å²) in [6.45, 7) is 6.81. The van der Waals surface area contributed by atoms with Crippen LogP contribution in [-0.2, 0) is 11.2 Å². The van der Waals surface area contributed by atoms with E-state index in [1.807, 2.05) is 23.1 Å². The molecule has 2 aromatic carbocycles. The smallest absolute Gasteiger partial charge is 0.254 e. The first-order valence-corrected chi connectivity index (χ1v) is 13.2. The molecule has 0 radical (unpaired) electrons. The van der Waals surface area contributed by atoms with Crippen LogP contribution < -0.4 is 14.8 Å². The summed E-state index contributed by atoms with van der Waals surface area (Å²) in [4.78, 5) is 31.9. The van der Waals surface area contributed by atoms with Crippen molar-refractivity contribution < 1.29 is 19.1 Å². The largest absolute Gasteiger partial charge is 0.493 e. The lowest BCUT2D eigenvalue weighted by molar-refractivity contribution is -0.124. The molecular formula is C29H37N3O4. The number of nitrogens with zero attached hydrogens (tertiary/aromatic N) is 2. The van der Waals surface area contributed by atoms with E-state index in [1.165, 1.54) is 18.4 Å². The van der Waals surface area contributed by atoms with Crippen LogP contribution in [0.4, 0.5) is 0 Å². The summed E-state index contributed by atoms with van der Waals surface area (Å²) in [5.74, 6) is 1.21. The van der Waals surface area contributed by atoms with E-state index in [4.69, 9.17) is 9.47 Å². The number of piperidine rings is 1. The van der Waals surface area contributed by atoms with E-state index in [1.54, 1.807) is 20.3 Å². The molecule has 0 unspecified atom stereocenters. The highest BCUT2D eigenvalue weighted by molar-refractivity contribution is 6.02. The van der Waals surface area contributed by atoms with Gasteiger partial charge in [0.25, 0.3) is 5.91 Å². The molecule has 3 aliphatic rings. The standard InChI is InChI=1S/C29H37N3O4/c1-19-9-14-31(15-10-19)13-6-12-30-28(33)26-22-17-24(35-2)25(36-3)18-23(22)29(34)32-16-11-20-7-4-5-8-21(20)27(26)32/h4-5,7-8,17-19,26-27H,6,9-16H2,1-3H3,(H,30,33)/t26-,27-/m1/s1. The Labute approximate surface area is 213 Å². The summed E-state index contributed by atoms with van der Waals surface area (Å²) in [7, 11) is 3.14. The van der Waals surface area contributed by atoms with Gasteiger partial charge >= 0.3 is 0 Å². The van der Waals surface area contributed by atoms with Crippen molar-refractivity contribution in [3.8, 4) is 11.5 Å². The zero-order valence-corrected chi connectivity index (χ0v) is 21.6. The Morgan fingerprint density at radius 1 is 1.03 bits per heavy atom. The molecule has 1 fully saturated rings. The Kier molecular flexibility index (Phi) is 7.19. The third-order valence-corrected chi connectivity index (χ3v) is 8.14. The quantitative estimate of drug-likeness (QED) is 0.597. The summed E-state index contributed by atoms with van der Waals surface area (Å²) < 4.78 is 11.0. The summed E-state index contributed by atoms with van der Waals surface area (Å²) in [5, 5.41) is 3.21. The SMILES string of the molecule is COc1cc2c(cc1OC)[C@@H](C(=O)NCCCN1CCC(C)CC1)[C@H]1c3ccccc3CCN1C2=O. The van der Waals surface area contributed by atoms with Gasteiger partial charge in [-0.1, -0.05) is 31.2 Å². The van der Waals surface area contributed by atoms with Gasteiger partial charge in [0.1, 0.15) is 0 Å². The number of fused-ring (bicyclic) bond motifs is 4. The van der Waals surface area contributed by atoms with Crippen molar-refractivity contribution in [1.29, 1.82) is 0 Å². The van der Waals surface area contributed by atoms with Gasteiger partial charge in [-0.3, -0.25) is 9.59 Å². The van der Waals surface area contributed by atoms with Gasteiger partial charge in [0.15, 0.2) is 11.5 Å². The fourth-order valence-electron chi connectivity index (χ4n) is 6.04. The van der Waals surface area contributed by atoms with Crippen molar-refractivity contribution in [2.45, 2.75) is 44.6 Å². The Morgan fingerprint density at radius 2 is 1.75 bits per heavy atom. The van der Waals surface area contributed by atoms with Crippen molar-refractivity contribution in [1.82, 2.24) is 15.1 Å². The fourth-order valence-corrected chi connectivity index (χ4v) is 6.04. The number of hydrogen-bond donors (Lipinski definition) is 1. The highest BCUT2D eigenvalue weighted by Crippen LogP contribution is 2.48. The van der Waals surface area contributed by atoms with Crippen LogP contribution in [0, 0.1) is 5.92 Å². The van der Waals surface area contributed by atoms with Gasteiger partial charge in [-0.2, -0.15) is 0 Å². The van der Waals surface area contributed by atoms with Crippen LogP contribution in [-0.4, -0.2) is 68.6 Å². The normalized spacial score (nSPS) is 21.9. The molecular weight excluding hydrogens is 454 g/mol. The van der Waals surface area contributed by atoms with Gasteiger partial charge in [0.05, 0.1) is 26.2 Å². The van der Waals surface area contributed by atoms with E-state index < -0.39 is 5.92 Å². The van der Waals surface area contributed by atoms with E-state index in [-0.39, 0.29) is 17.9 Å². The highest BCUT2D eigenvalue weighted by Gasteiger charge is 2.46. The van der Waals surface area contributed by atoms with Gasteiger partial charge in [0, 0.05) is 18.7 Å². The van der Waals surface area contributed by atoms with Crippen LogP contribution in [0.25, 0.3) is 0 Å². The van der Waals surface area contributed by atoms with E-state index in [2.05, 4.69) is 29.3 Å². The molecule has 0 bridgehead atoms. The molecule has 5 rings (SSSR count). The van der Waals surface area contributed by atoms with E-state index in [0.717, 1.165) is 44.0 Å². The van der Waals surface area contributed by atoms with Gasteiger partial charge < -0.3 is 24.6 Å². The predicted molar refractivity (Wildman–Crippen MR) is 139 cm³/mol. The van der Waals surface area contributed by atoms with E-state index >= 15 is 0 Å². The Balaban J connectivity index is 1.42. The third-order valence-electron chi connectivity index (χ3n) is 8.14. The molecule has 1 saturated heterocycles. The molecule has 2 amide bonds. The Bertz CT molecular complexity index is 1130. The number of amides is 2. The van der Waals surface area contributed by atoms with Crippen LogP contribution in [0.2, 0.25) is 0 Å². The molecule has 0 aromatic heterocycles. The molecule has 3 aliphatic heterocycles. The van der Waals surface area contributed by atoms with E-state index in [9.17, 15) is 9.59 Å². The number of methoxy groups -OCH3 is 2. The van der Waals surface area contributed by atoms with Crippen LogP contribution in [0.3, 0.4) is 0 Å². The lowest BCUT2D eigenvalue weighted by atomic mass is 9.75. The maximum Gasteiger partial charge on any atom is 0.254 e. The second-order valence-electron chi connectivity index (χ2n) is 10.3. The average molecular weight is 492 g/mol. The van der Waals surface area contributed by atoms with Crippen LogP contribution >= 0.6 is 0 Å². The fraction of sp³-hybridized carbons (Fsp3) is 0.517. The molecule has 0 saturated carbocycles. The second-order valence-corrected chi connectivity index (χ2v) is 10.3. The molecule has 7 nitrogen and oxygen atoms in total. The summed E-state index contributed by atoms with van der Waals surface area (Å²) >= 11 is 0. The minimum atomic E-state index is -0.519. The highest BCUT2D eigenvalue weighted by atomic mass is 16.5. The third kappa shape index (κ3) is 4.57. The lowest BCUT2D eigenvalue weighted by Gasteiger charge is -2.45. The molecule has 36 heavy (non-hydrogen) atoms. The number of nitrogens with one attached hydrogen (secondary N) is 1. The monoisotopic (exact) mass is 491 g/mol. The Hall–Kier alpha value is -3.06. The van der Waals surface area contributed by atoms with Crippen LogP contribution in [0.1, 0.15) is 65.2 Å². The van der Waals surface area contributed by atoms with Crippen molar-refractivity contribution in [3.63, 3.8) is 0 Å². The maximum atomic E-state index is 13.8. The van der Waals surface area contributed by atoms with Gasteiger partial charge in [-0.15, -0.1) is 0 Å². The number of carbonyl (C=O) groups excluding carboxylic acids is 2. The van der Waals surface area contributed by atoms with Crippen LogP contribution in [0.5, 0.6) is 11.5 Å². The molecule has 7 heteroatoms.